The normalized spacial score (nSPS) is 19.8. The van der Waals surface area contributed by atoms with Gasteiger partial charge in [-0.2, -0.15) is 13.2 Å². The minimum absolute atomic E-state index is 0.0774. The van der Waals surface area contributed by atoms with Gasteiger partial charge in [0.25, 0.3) is 5.91 Å². The molecule has 1 aromatic heterocycles. The second-order valence-corrected chi connectivity index (χ2v) is 11.6. The van der Waals surface area contributed by atoms with Crippen LogP contribution in [0.15, 0.2) is 35.3 Å². The topological polar surface area (TPSA) is 98.0 Å². The number of aromatic nitrogens is 1. The number of anilines is 2. The third kappa shape index (κ3) is 7.38. The molecule has 1 fully saturated rings. The maximum absolute atomic E-state index is 15.7. The van der Waals surface area contributed by atoms with E-state index in [4.69, 9.17) is 4.74 Å². The van der Waals surface area contributed by atoms with E-state index in [2.05, 4.69) is 15.2 Å². The Morgan fingerprint density at radius 3 is 2.40 bits per heavy atom. The molecule has 0 unspecified atom stereocenters. The molecule has 0 bridgehead atoms. The number of pyridine rings is 1. The number of hydrogen-bond donors (Lipinski definition) is 2. The molecule has 9 nitrogen and oxygen atoms in total. The van der Waals surface area contributed by atoms with E-state index in [1.54, 1.807) is 6.08 Å². The molecule has 2 aromatic rings. The standard InChI is InChI=1S/C30H37F4N5O4/c1-17(2)16-43-29(42)38-8-6-20(7-9-38)21-10-25(26(12-24(21)31)39-14-18(3)37(5)19(4)15-39)36-28(41)22-13-35-27(40)11-23(22)30(32,33)34/h6,10-13,17-19H,7-9,14-16H2,1-5H3,(H,35,40)(H,36,41)/t18-,19+. The first-order valence-corrected chi connectivity index (χ1v) is 14.2. The lowest BCUT2D eigenvalue weighted by Gasteiger charge is -2.44. The van der Waals surface area contributed by atoms with E-state index < -0.39 is 40.7 Å². The number of ether oxygens (including phenoxy) is 1. The van der Waals surface area contributed by atoms with Crippen molar-refractivity contribution in [2.24, 2.45) is 5.92 Å². The highest BCUT2D eigenvalue weighted by Gasteiger charge is 2.36. The Kier molecular flexibility index (Phi) is 9.53. The Labute approximate surface area is 247 Å². The van der Waals surface area contributed by atoms with E-state index in [1.807, 2.05) is 39.6 Å². The highest BCUT2D eigenvalue weighted by Crippen LogP contribution is 2.37. The zero-order valence-electron chi connectivity index (χ0n) is 24.8. The number of carbonyl (C=O) groups excluding carboxylic acids is 2. The molecule has 0 saturated carbocycles. The number of nitrogens with zero attached hydrogens (tertiary/aromatic N) is 3. The average Bonchev–Trinajstić information content (AvgIpc) is 2.94. The summed E-state index contributed by atoms with van der Waals surface area (Å²) in [7, 11) is 1.98. The summed E-state index contributed by atoms with van der Waals surface area (Å²) in [6.07, 6.45) is -2.68. The van der Waals surface area contributed by atoms with Gasteiger partial charge in [-0.25, -0.2) is 9.18 Å². The van der Waals surface area contributed by atoms with Gasteiger partial charge in [-0.05, 0) is 50.9 Å². The van der Waals surface area contributed by atoms with Crippen LogP contribution in [0.5, 0.6) is 0 Å². The van der Waals surface area contributed by atoms with Crippen LogP contribution in [0.4, 0.5) is 33.7 Å². The van der Waals surface area contributed by atoms with E-state index >= 15 is 4.39 Å². The Hall–Kier alpha value is -3.87. The Morgan fingerprint density at radius 2 is 1.81 bits per heavy atom. The number of likely N-dealkylation sites (N-methyl/N-ethyl adjacent to an activating group) is 1. The third-order valence-corrected chi connectivity index (χ3v) is 7.86. The van der Waals surface area contributed by atoms with Gasteiger partial charge in [0.05, 0.1) is 29.1 Å². The number of benzene rings is 1. The molecule has 2 atom stereocenters. The van der Waals surface area contributed by atoms with Crippen LogP contribution in [0, 0.1) is 11.7 Å². The number of alkyl halides is 3. The number of H-pyrrole nitrogens is 1. The summed E-state index contributed by atoms with van der Waals surface area (Å²) in [5.41, 5.74) is -1.93. The van der Waals surface area contributed by atoms with Crippen molar-refractivity contribution < 1.29 is 31.9 Å². The molecular formula is C30H37F4N5O4. The quantitative estimate of drug-likeness (QED) is 0.439. The van der Waals surface area contributed by atoms with Gasteiger partial charge in [-0.1, -0.05) is 19.9 Å². The summed E-state index contributed by atoms with van der Waals surface area (Å²) in [6, 6.07) is 3.20. The lowest BCUT2D eigenvalue weighted by Crippen LogP contribution is -2.55. The SMILES string of the molecule is CC(C)COC(=O)N1CC=C(c2cc(NC(=O)c3c[nH]c(=O)cc3C(F)(F)F)c(N3C[C@@H](C)N(C)[C@@H](C)C3)cc2F)CC1. The van der Waals surface area contributed by atoms with Gasteiger partial charge in [-0.15, -0.1) is 0 Å². The van der Waals surface area contributed by atoms with Crippen molar-refractivity contribution in [3.8, 4) is 0 Å². The molecule has 234 valence electrons. The summed E-state index contributed by atoms with van der Waals surface area (Å²) in [4.78, 5) is 45.0. The Bertz CT molecular complexity index is 1440. The molecule has 1 saturated heterocycles. The van der Waals surface area contributed by atoms with Gasteiger partial charge in [0.1, 0.15) is 5.82 Å². The van der Waals surface area contributed by atoms with Gasteiger partial charge in [0.15, 0.2) is 0 Å². The van der Waals surface area contributed by atoms with Gasteiger partial charge < -0.3 is 24.8 Å². The first kappa shape index (κ1) is 32.1. The highest BCUT2D eigenvalue weighted by atomic mass is 19.4. The van der Waals surface area contributed by atoms with Crippen LogP contribution in [0.25, 0.3) is 5.57 Å². The summed E-state index contributed by atoms with van der Waals surface area (Å²) >= 11 is 0. The lowest BCUT2D eigenvalue weighted by molar-refractivity contribution is -0.138. The van der Waals surface area contributed by atoms with Crippen molar-refractivity contribution in [1.29, 1.82) is 0 Å². The van der Waals surface area contributed by atoms with Crippen LogP contribution in [-0.2, 0) is 10.9 Å². The first-order chi connectivity index (χ1) is 20.1. The number of carbonyl (C=O) groups is 2. The van der Waals surface area contributed by atoms with Crippen LogP contribution in [-0.4, -0.2) is 78.7 Å². The molecule has 2 amide bonds. The van der Waals surface area contributed by atoms with Crippen molar-refractivity contribution in [3.05, 3.63) is 63.3 Å². The van der Waals surface area contributed by atoms with E-state index in [0.29, 0.717) is 36.8 Å². The number of aromatic amines is 1. The zero-order valence-corrected chi connectivity index (χ0v) is 24.8. The molecule has 13 heteroatoms. The van der Waals surface area contributed by atoms with E-state index in [9.17, 15) is 27.6 Å². The molecule has 2 N–H and O–H groups in total. The molecule has 0 spiro atoms. The summed E-state index contributed by atoms with van der Waals surface area (Å²) in [6.45, 7) is 9.60. The predicted molar refractivity (Wildman–Crippen MR) is 156 cm³/mol. The number of halogens is 4. The molecule has 0 aliphatic carbocycles. The van der Waals surface area contributed by atoms with Crippen molar-refractivity contribution in [1.82, 2.24) is 14.8 Å². The second-order valence-electron chi connectivity index (χ2n) is 11.6. The molecule has 2 aliphatic heterocycles. The first-order valence-electron chi connectivity index (χ1n) is 14.2. The van der Waals surface area contributed by atoms with Crippen LogP contribution < -0.4 is 15.8 Å². The van der Waals surface area contributed by atoms with Crippen LogP contribution in [0.2, 0.25) is 0 Å². The summed E-state index contributed by atoms with van der Waals surface area (Å²) in [5.74, 6) is -1.49. The fraction of sp³-hybridized carbons (Fsp3) is 0.500. The Morgan fingerprint density at radius 1 is 1.14 bits per heavy atom. The maximum Gasteiger partial charge on any atom is 0.417 e. The summed E-state index contributed by atoms with van der Waals surface area (Å²) < 4.78 is 62.2. The summed E-state index contributed by atoms with van der Waals surface area (Å²) in [5, 5.41) is 2.56. The van der Waals surface area contributed by atoms with Gasteiger partial charge in [0.2, 0.25) is 5.56 Å². The van der Waals surface area contributed by atoms with Crippen molar-refractivity contribution in [2.75, 3.05) is 50.1 Å². The van der Waals surface area contributed by atoms with E-state index in [-0.39, 0.29) is 48.9 Å². The minimum Gasteiger partial charge on any atom is -0.449 e. The monoisotopic (exact) mass is 607 g/mol. The zero-order chi connectivity index (χ0) is 31.6. The van der Waals surface area contributed by atoms with Gasteiger partial charge >= 0.3 is 12.3 Å². The van der Waals surface area contributed by atoms with Crippen LogP contribution in [0.1, 0.15) is 55.6 Å². The number of nitrogens with one attached hydrogen (secondary N) is 2. The largest absolute Gasteiger partial charge is 0.449 e. The molecule has 0 radical (unpaired) electrons. The number of amides is 2. The van der Waals surface area contributed by atoms with Gasteiger partial charge in [-0.3, -0.25) is 14.5 Å². The lowest BCUT2D eigenvalue weighted by atomic mass is 9.97. The molecule has 1 aromatic carbocycles. The maximum atomic E-state index is 15.7. The minimum atomic E-state index is -4.95. The van der Waals surface area contributed by atoms with Gasteiger partial charge in [0, 0.05) is 56.1 Å². The van der Waals surface area contributed by atoms with Crippen molar-refractivity contribution in [2.45, 2.75) is 52.4 Å². The van der Waals surface area contributed by atoms with Crippen LogP contribution in [0.3, 0.4) is 0 Å². The number of piperazine rings is 1. The fourth-order valence-corrected chi connectivity index (χ4v) is 5.26. The molecule has 3 heterocycles. The van der Waals surface area contributed by atoms with Crippen molar-refractivity contribution >= 4 is 28.9 Å². The smallest absolute Gasteiger partial charge is 0.417 e. The van der Waals surface area contributed by atoms with E-state index in [0.717, 1.165) is 6.20 Å². The number of rotatable bonds is 6. The predicted octanol–water partition coefficient (Wildman–Crippen LogP) is 5.20. The fourth-order valence-electron chi connectivity index (χ4n) is 5.26. The molecule has 43 heavy (non-hydrogen) atoms. The molecule has 2 aliphatic rings. The van der Waals surface area contributed by atoms with E-state index in [1.165, 1.54) is 17.0 Å². The average molecular weight is 608 g/mol. The molecular weight excluding hydrogens is 570 g/mol. The Balaban J connectivity index is 1.70. The van der Waals surface area contributed by atoms with Crippen molar-refractivity contribution in [3.63, 3.8) is 0 Å². The van der Waals surface area contributed by atoms with Crippen LogP contribution >= 0.6 is 0 Å². The highest BCUT2D eigenvalue weighted by molar-refractivity contribution is 6.07. The number of hydrogen-bond acceptors (Lipinski definition) is 6. The third-order valence-electron chi connectivity index (χ3n) is 7.86. The second kappa shape index (κ2) is 12.8. The molecule has 4 rings (SSSR count).